The van der Waals surface area contributed by atoms with E-state index in [2.05, 4.69) is 9.97 Å². The highest BCUT2D eigenvalue weighted by Gasteiger charge is 2.15. The molecule has 0 spiro atoms. The average Bonchev–Trinajstić information content (AvgIpc) is 2.67. The van der Waals surface area contributed by atoms with Crippen LogP contribution in [0, 0.1) is 6.92 Å². The standard InChI is InChI=1S/C10H8N2O3S/c1-5-7(10(14)15)9(13)12-8(11-5)6-3-2-4-16-6/h2-4H,1H3,(H,14,15)(H,11,12,13). The molecule has 0 aliphatic heterocycles. The SMILES string of the molecule is Cc1nc(-c2cccs2)[nH]c(=O)c1C(=O)O. The van der Waals surface area contributed by atoms with Gasteiger partial charge in [-0.3, -0.25) is 4.79 Å². The van der Waals surface area contributed by atoms with Gasteiger partial charge in [0.2, 0.25) is 0 Å². The monoisotopic (exact) mass is 236 g/mol. The average molecular weight is 236 g/mol. The van der Waals surface area contributed by atoms with Crippen LogP contribution in [0.4, 0.5) is 0 Å². The van der Waals surface area contributed by atoms with Gasteiger partial charge in [-0.2, -0.15) is 0 Å². The van der Waals surface area contributed by atoms with Gasteiger partial charge in [-0.15, -0.1) is 11.3 Å². The van der Waals surface area contributed by atoms with Crippen molar-refractivity contribution in [2.45, 2.75) is 6.92 Å². The van der Waals surface area contributed by atoms with Crippen LogP contribution in [0.1, 0.15) is 16.1 Å². The lowest BCUT2D eigenvalue weighted by Gasteiger charge is -2.01. The number of nitrogens with zero attached hydrogens (tertiary/aromatic N) is 1. The molecule has 2 aromatic heterocycles. The number of hydrogen-bond donors (Lipinski definition) is 2. The molecule has 0 amide bonds. The number of carbonyl (C=O) groups is 1. The van der Waals surface area contributed by atoms with Crippen LogP contribution in [-0.2, 0) is 0 Å². The quantitative estimate of drug-likeness (QED) is 0.827. The maximum atomic E-state index is 11.5. The first-order valence-corrected chi connectivity index (χ1v) is 5.35. The molecule has 2 N–H and O–H groups in total. The van der Waals surface area contributed by atoms with E-state index in [0.29, 0.717) is 5.82 Å². The molecule has 16 heavy (non-hydrogen) atoms. The molecule has 0 saturated heterocycles. The summed E-state index contributed by atoms with van der Waals surface area (Å²) in [5, 5.41) is 10.7. The predicted octanol–water partition coefficient (Wildman–Crippen LogP) is 1.51. The number of nitrogens with one attached hydrogen (secondary N) is 1. The van der Waals surface area contributed by atoms with Gasteiger partial charge in [0.1, 0.15) is 5.56 Å². The largest absolute Gasteiger partial charge is 0.477 e. The lowest BCUT2D eigenvalue weighted by atomic mass is 10.2. The van der Waals surface area contributed by atoms with E-state index >= 15 is 0 Å². The summed E-state index contributed by atoms with van der Waals surface area (Å²) < 4.78 is 0. The normalized spacial score (nSPS) is 10.3. The van der Waals surface area contributed by atoms with Crippen molar-refractivity contribution in [3.8, 4) is 10.7 Å². The third-order valence-corrected chi connectivity index (χ3v) is 2.95. The predicted molar refractivity (Wildman–Crippen MR) is 59.9 cm³/mol. The maximum absolute atomic E-state index is 11.5. The number of carboxylic acid groups (broad SMARTS) is 1. The first kappa shape index (κ1) is 10.6. The molecule has 5 nitrogen and oxygen atoms in total. The van der Waals surface area contributed by atoms with E-state index in [9.17, 15) is 9.59 Å². The van der Waals surface area contributed by atoms with Crippen LogP contribution in [0.5, 0.6) is 0 Å². The summed E-state index contributed by atoms with van der Waals surface area (Å²) in [5.41, 5.74) is -0.705. The van der Waals surface area contributed by atoms with Gasteiger partial charge < -0.3 is 10.1 Å². The van der Waals surface area contributed by atoms with Gasteiger partial charge in [0.05, 0.1) is 10.6 Å². The Morgan fingerprint density at radius 1 is 1.56 bits per heavy atom. The number of carboxylic acids is 1. The number of aryl methyl sites for hydroxylation is 1. The topological polar surface area (TPSA) is 83.0 Å². The fourth-order valence-electron chi connectivity index (χ4n) is 1.37. The summed E-state index contributed by atoms with van der Waals surface area (Å²) in [4.78, 5) is 29.6. The van der Waals surface area contributed by atoms with Crippen molar-refractivity contribution in [3.05, 3.63) is 39.1 Å². The lowest BCUT2D eigenvalue weighted by molar-refractivity contribution is 0.0693. The van der Waals surface area contributed by atoms with Gasteiger partial charge >= 0.3 is 5.97 Å². The Bertz CT molecular complexity index is 587. The van der Waals surface area contributed by atoms with E-state index in [-0.39, 0.29) is 11.3 Å². The molecule has 0 unspecified atom stereocenters. The molecule has 2 heterocycles. The van der Waals surface area contributed by atoms with Crippen molar-refractivity contribution in [2.75, 3.05) is 0 Å². The summed E-state index contributed by atoms with van der Waals surface area (Å²) in [6, 6.07) is 3.64. The van der Waals surface area contributed by atoms with E-state index in [0.717, 1.165) is 4.88 Å². The van der Waals surface area contributed by atoms with Crippen LogP contribution in [0.2, 0.25) is 0 Å². The minimum absolute atomic E-state index is 0.222. The lowest BCUT2D eigenvalue weighted by Crippen LogP contribution is -2.21. The molecule has 0 radical (unpaired) electrons. The number of thiophene rings is 1. The zero-order valence-electron chi connectivity index (χ0n) is 8.35. The van der Waals surface area contributed by atoms with Crippen LogP contribution in [0.15, 0.2) is 22.3 Å². The highest BCUT2D eigenvalue weighted by Crippen LogP contribution is 2.20. The minimum atomic E-state index is -1.26. The summed E-state index contributed by atoms with van der Waals surface area (Å²) >= 11 is 1.43. The van der Waals surface area contributed by atoms with Gasteiger partial charge in [-0.05, 0) is 18.4 Å². The first-order valence-electron chi connectivity index (χ1n) is 4.47. The Morgan fingerprint density at radius 2 is 2.31 bits per heavy atom. The fraction of sp³-hybridized carbons (Fsp3) is 0.100. The van der Waals surface area contributed by atoms with Gasteiger partial charge in [0.15, 0.2) is 5.82 Å². The Balaban J connectivity index is 2.63. The molecule has 82 valence electrons. The molecule has 6 heteroatoms. The third kappa shape index (κ3) is 1.74. The summed E-state index contributed by atoms with van der Waals surface area (Å²) in [5.74, 6) is -0.855. The third-order valence-electron chi connectivity index (χ3n) is 2.07. The van der Waals surface area contributed by atoms with E-state index in [4.69, 9.17) is 5.11 Å². The van der Waals surface area contributed by atoms with Crippen molar-refractivity contribution in [3.63, 3.8) is 0 Å². The van der Waals surface area contributed by atoms with Crippen LogP contribution in [0.3, 0.4) is 0 Å². The number of rotatable bonds is 2. The van der Waals surface area contributed by atoms with Gasteiger partial charge in [-0.25, -0.2) is 9.78 Å². The number of aromatic carboxylic acids is 1. The summed E-state index contributed by atoms with van der Waals surface area (Å²) in [6.07, 6.45) is 0. The molecule has 0 aliphatic rings. The van der Waals surface area contributed by atoms with E-state index < -0.39 is 11.5 Å². The van der Waals surface area contributed by atoms with Crippen LogP contribution >= 0.6 is 11.3 Å². The molecule has 0 aliphatic carbocycles. The summed E-state index contributed by atoms with van der Waals surface area (Å²) in [6.45, 7) is 1.51. The Hall–Kier alpha value is -1.95. The van der Waals surface area contributed by atoms with Gasteiger partial charge in [0.25, 0.3) is 5.56 Å². The van der Waals surface area contributed by atoms with E-state index in [1.54, 1.807) is 0 Å². The second-order valence-electron chi connectivity index (χ2n) is 3.16. The Labute approximate surface area is 94.4 Å². The molecule has 0 saturated carbocycles. The second kappa shape index (κ2) is 3.90. The van der Waals surface area contributed by atoms with Crippen LogP contribution in [0.25, 0.3) is 10.7 Å². The maximum Gasteiger partial charge on any atom is 0.343 e. The van der Waals surface area contributed by atoms with Crippen molar-refractivity contribution in [1.29, 1.82) is 0 Å². The fourth-order valence-corrected chi connectivity index (χ4v) is 2.04. The van der Waals surface area contributed by atoms with Gasteiger partial charge in [-0.1, -0.05) is 6.07 Å². The highest BCUT2D eigenvalue weighted by molar-refractivity contribution is 7.13. The van der Waals surface area contributed by atoms with Crippen LogP contribution in [-0.4, -0.2) is 21.0 Å². The first-order chi connectivity index (χ1) is 7.59. The minimum Gasteiger partial charge on any atom is -0.477 e. The molecule has 0 fully saturated rings. The molecule has 2 aromatic rings. The molecule has 0 atom stereocenters. The van der Waals surface area contributed by atoms with E-state index in [1.165, 1.54) is 18.3 Å². The zero-order valence-corrected chi connectivity index (χ0v) is 9.17. The van der Waals surface area contributed by atoms with E-state index in [1.807, 2.05) is 17.5 Å². The van der Waals surface area contributed by atoms with Crippen molar-refractivity contribution in [1.82, 2.24) is 9.97 Å². The molecule has 0 bridgehead atoms. The second-order valence-corrected chi connectivity index (χ2v) is 4.11. The number of hydrogen-bond acceptors (Lipinski definition) is 4. The number of aromatic amines is 1. The molecule has 2 rings (SSSR count). The molecule has 0 aromatic carbocycles. The smallest absolute Gasteiger partial charge is 0.343 e. The van der Waals surface area contributed by atoms with Crippen molar-refractivity contribution < 1.29 is 9.90 Å². The number of H-pyrrole nitrogens is 1. The van der Waals surface area contributed by atoms with Crippen molar-refractivity contribution in [2.24, 2.45) is 0 Å². The molecular weight excluding hydrogens is 228 g/mol. The van der Waals surface area contributed by atoms with Crippen molar-refractivity contribution >= 4 is 17.3 Å². The van der Waals surface area contributed by atoms with Crippen LogP contribution < -0.4 is 5.56 Å². The highest BCUT2D eigenvalue weighted by atomic mass is 32.1. The zero-order chi connectivity index (χ0) is 11.7. The van der Waals surface area contributed by atoms with Gasteiger partial charge in [0, 0.05) is 0 Å². The number of aromatic nitrogens is 2. The summed E-state index contributed by atoms with van der Waals surface area (Å²) in [7, 11) is 0. The Morgan fingerprint density at radius 3 is 2.81 bits per heavy atom. The Kier molecular flexibility index (Phi) is 2.57. The molecular formula is C10H8N2O3S.